The molecule has 0 bridgehead atoms. The van der Waals surface area contributed by atoms with Crippen LogP contribution >= 0.6 is 0 Å². The lowest BCUT2D eigenvalue weighted by Gasteiger charge is -2.14. The molecule has 20 heavy (non-hydrogen) atoms. The van der Waals surface area contributed by atoms with Crippen molar-refractivity contribution in [2.24, 2.45) is 0 Å². The number of rotatable bonds is 5. The largest absolute Gasteiger partial charge is 0.481 e. The Morgan fingerprint density at radius 1 is 1.10 bits per heavy atom. The van der Waals surface area contributed by atoms with E-state index in [2.05, 4.69) is 5.32 Å². The van der Waals surface area contributed by atoms with E-state index in [-0.39, 0.29) is 6.54 Å². The third-order valence-corrected chi connectivity index (χ3v) is 2.91. The van der Waals surface area contributed by atoms with Crippen LogP contribution in [-0.2, 0) is 4.79 Å². The van der Waals surface area contributed by atoms with Crippen LogP contribution in [-0.4, -0.2) is 17.6 Å². The zero-order chi connectivity index (χ0) is 14.5. The molecule has 2 aromatic rings. The maximum absolute atomic E-state index is 13.0. The summed E-state index contributed by atoms with van der Waals surface area (Å²) >= 11 is 0. The molecule has 104 valence electrons. The summed E-state index contributed by atoms with van der Waals surface area (Å²) in [5, 5.41) is 12.1. The van der Waals surface area contributed by atoms with E-state index in [0.29, 0.717) is 11.3 Å². The molecule has 0 aliphatic carbocycles. The van der Waals surface area contributed by atoms with Crippen molar-refractivity contribution < 1.29 is 18.7 Å². The maximum atomic E-state index is 13.0. The Kier molecular flexibility index (Phi) is 4.30. The molecule has 3 nitrogen and oxygen atoms in total. The van der Waals surface area contributed by atoms with Crippen LogP contribution in [0.3, 0.4) is 0 Å². The number of aliphatic carboxylic acids is 1. The second-order valence-corrected chi connectivity index (χ2v) is 4.33. The van der Waals surface area contributed by atoms with Gasteiger partial charge in [-0.1, -0.05) is 18.2 Å². The number of carboxylic acids is 1. The van der Waals surface area contributed by atoms with Crippen LogP contribution in [0.1, 0.15) is 11.5 Å². The molecule has 0 aliphatic heterocycles. The lowest BCUT2D eigenvalue weighted by atomic mass is 9.99. The van der Waals surface area contributed by atoms with E-state index in [1.807, 2.05) is 0 Å². The standard InChI is InChI=1S/C15H13F2NO2/c16-11-6-4-10(5-7-11)14(15(19)20)9-18-13-3-1-2-12(17)8-13/h1-8,14,18H,9H2,(H,19,20)/t14-/m1/s1. The molecular formula is C15H13F2NO2. The molecule has 2 N–H and O–H groups in total. The number of halogens is 2. The second kappa shape index (κ2) is 6.14. The predicted octanol–water partition coefficient (Wildman–Crippen LogP) is 3.25. The summed E-state index contributed by atoms with van der Waals surface area (Å²) in [6, 6.07) is 11.1. The summed E-state index contributed by atoms with van der Waals surface area (Å²) in [5.41, 5.74) is 0.987. The number of nitrogens with one attached hydrogen (secondary N) is 1. The van der Waals surface area contributed by atoms with Gasteiger partial charge in [0.05, 0.1) is 5.92 Å². The minimum absolute atomic E-state index is 0.0877. The Labute approximate surface area is 114 Å². The molecule has 0 heterocycles. The number of benzene rings is 2. The Morgan fingerprint density at radius 2 is 1.80 bits per heavy atom. The van der Waals surface area contributed by atoms with Crippen LogP contribution < -0.4 is 5.32 Å². The van der Waals surface area contributed by atoms with Crippen molar-refractivity contribution in [2.75, 3.05) is 11.9 Å². The number of carbonyl (C=O) groups is 1. The number of anilines is 1. The molecule has 0 saturated carbocycles. The lowest BCUT2D eigenvalue weighted by Crippen LogP contribution is -2.21. The number of hydrogen-bond acceptors (Lipinski definition) is 2. The van der Waals surface area contributed by atoms with E-state index in [9.17, 15) is 18.7 Å². The maximum Gasteiger partial charge on any atom is 0.312 e. The van der Waals surface area contributed by atoms with Gasteiger partial charge in [-0.3, -0.25) is 4.79 Å². The van der Waals surface area contributed by atoms with Gasteiger partial charge >= 0.3 is 5.97 Å². The van der Waals surface area contributed by atoms with E-state index < -0.39 is 23.5 Å². The van der Waals surface area contributed by atoms with Gasteiger partial charge in [-0.25, -0.2) is 8.78 Å². The van der Waals surface area contributed by atoms with E-state index in [1.54, 1.807) is 6.07 Å². The van der Waals surface area contributed by atoms with Crippen molar-refractivity contribution in [3.05, 3.63) is 65.7 Å². The minimum atomic E-state index is -1.03. The molecule has 0 amide bonds. The monoisotopic (exact) mass is 277 g/mol. The van der Waals surface area contributed by atoms with E-state index in [0.717, 1.165) is 0 Å². The molecule has 0 spiro atoms. The van der Waals surface area contributed by atoms with E-state index in [1.165, 1.54) is 42.5 Å². The smallest absolute Gasteiger partial charge is 0.312 e. The summed E-state index contributed by atoms with van der Waals surface area (Å²) < 4.78 is 25.9. The van der Waals surface area contributed by atoms with Crippen molar-refractivity contribution >= 4 is 11.7 Å². The fourth-order valence-corrected chi connectivity index (χ4v) is 1.86. The summed E-state index contributed by atoms with van der Waals surface area (Å²) in [5.74, 6) is -2.68. The van der Waals surface area contributed by atoms with Crippen LogP contribution in [0.2, 0.25) is 0 Å². The van der Waals surface area contributed by atoms with Gasteiger partial charge in [0, 0.05) is 12.2 Å². The van der Waals surface area contributed by atoms with Gasteiger partial charge < -0.3 is 10.4 Å². The summed E-state index contributed by atoms with van der Waals surface area (Å²) in [6.45, 7) is 0.0877. The third kappa shape index (κ3) is 3.54. The molecule has 0 aliphatic rings. The molecule has 0 saturated heterocycles. The van der Waals surface area contributed by atoms with Gasteiger partial charge in [0.15, 0.2) is 0 Å². The Bertz CT molecular complexity index is 599. The SMILES string of the molecule is O=C(O)[C@H](CNc1cccc(F)c1)c1ccc(F)cc1. The second-order valence-electron chi connectivity index (χ2n) is 4.33. The molecule has 1 atom stereocenters. The van der Waals surface area contributed by atoms with Crippen molar-refractivity contribution in [3.63, 3.8) is 0 Å². The summed E-state index contributed by atoms with van der Waals surface area (Å²) in [4.78, 5) is 11.3. The van der Waals surface area contributed by atoms with Crippen LogP contribution in [0.5, 0.6) is 0 Å². The number of carboxylic acid groups (broad SMARTS) is 1. The molecule has 2 aromatic carbocycles. The zero-order valence-corrected chi connectivity index (χ0v) is 10.5. The molecule has 5 heteroatoms. The molecule has 2 rings (SSSR count). The third-order valence-electron chi connectivity index (χ3n) is 2.91. The average Bonchev–Trinajstić information content (AvgIpc) is 2.41. The van der Waals surface area contributed by atoms with Gasteiger partial charge in [-0.15, -0.1) is 0 Å². The molecular weight excluding hydrogens is 264 g/mol. The van der Waals surface area contributed by atoms with E-state index in [4.69, 9.17) is 0 Å². The van der Waals surface area contributed by atoms with Crippen LogP contribution in [0.4, 0.5) is 14.5 Å². The first-order valence-corrected chi connectivity index (χ1v) is 6.04. The van der Waals surface area contributed by atoms with E-state index >= 15 is 0 Å². The topological polar surface area (TPSA) is 49.3 Å². The first kappa shape index (κ1) is 14.0. The Morgan fingerprint density at radius 3 is 2.40 bits per heavy atom. The minimum Gasteiger partial charge on any atom is -0.481 e. The van der Waals surface area contributed by atoms with Gasteiger partial charge in [-0.2, -0.15) is 0 Å². The Hall–Kier alpha value is -2.43. The number of hydrogen-bond donors (Lipinski definition) is 2. The summed E-state index contributed by atoms with van der Waals surface area (Å²) in [7, 11) is 0. The fraction of sp³-hybridized carbons (Fsp3) is 0.133. The quantitative estimate of drug-likeness (QED) is 0.882. The highest BCUT2D eigenvalue weighted by Crippen LogP contribution is 2.18. The average molecular weight is 277 g/mol. The highest BCUT2D eigenvalue weighted by Gasteiger charge is 2.19. The molecule has 0 fully saturated rings. The highest BCUT2D eigenvalue weighted by molar-refractivity contribution is 5.77. The molecule has 0 aromatic heterocycles. The van der Waals surface area contributed by atoms with Gasteiger partial charge in [0.25, 0.3) is 0 Å². The predicted molar refractivity (Wildman–Crippen MR) is 71.7 cm³/mol. The fourth-order valence-electron chi connectivity index (χ4n) is 1.86. The van der Waals surface area contributed by atoms with Crippen LogP contribution in [0.25, 0.3) is 0 Å². The Balaban J connectivity index is 2.10. The lowest BCUT2D eigenvalue weighted by molar-refractivity contribution is -0.138. The van der Waals surface area contributed by atoms with Crippen LogP contribution in [0, 0.1) is 11.6 Å². The normalized spacial score (nSPS) is 11.9. The van der Waals surface area contributed by atoms with Gasteiger partial charge in [0.2, 0.25) is 0 Å². The highest BCUT2D eigenvalue weighted by atomic mass is 19.1. The van der Waals surface area contributed by atoms with Crippen LogP contribution in [0.15, 0.2) is 48.5 Å². The van der Waals surface area contributed by atoms with Gasteiger partial charge in [-0.05, 0) is 35.9 Å². The first-order chi connectivity index (χ1) is 9.56. The zero-order valence-electron chi connectivity index (χ0n) is 10.5. The first-order valence-electron chi connectivity index (χ1n) is 6.04. The van der Waals surface area contributed by atoms with Crippen molar-refractivity contribution in [3.8, 4) is 0 Å². The molecule has 0 unspecified atom stereocenters. The van der Waals surface area contributed by atoms with Crippen molar-refractivity contribution in [1.82, 2.24) is 0 Å². The van der Waals surface area contributed by atoms with Crippen molar-refractivity contribution in [2.45, 2.75) is 5.92 Å². The summed E-state index contributed by atoms with van der Waals surface area (Å²) in [6.07, 6.45) is 0. The van der Waals surface area contributed by atoms with Gasteiger partial charge in [0.1, 0.15) is 11.6 Å². The van der Waals surface area contributed by atoms with Crippen molar-refractivity contribution in [1.29, 1.82) is 0 Å². The molecule has 0 radical (unpaired) electrons.